The molecule has 2 saturated carbocycles. The van der Waals surface area contributed by atoms with Gasteiger partial charge in [0.05, 0.1) is 6.10 Å². The van der Waals surface area contributed by atoms with Gasteiger partial charge in [0, 0.05) is 12.3 Å². The number of hydrogen-bond donors (Lipinski definition) is 1. The fourth-order valence-electron chi connectivity index (χ4n) is 2.07. The molecule has 0 aliphatic heterocycles. The predicted molar refractivity (Wildman–Crippen MR) is 47.4 cm³/mol. The SMILES string of the molecule is C[C@@H](Cl)C(=O)O[C@@H]1C[C@H](O)C2CC21. The van der Waals surface area contributed by atoms with Crippen LogP contribution < -0.4 is 0 Å². The van der Waals surface area contributed by atoms with Crippen LogP contribution in [0, 0.1) is 11.8 Å². The van der Waals surface area contributed by atoms with E-state index in [0.717, 1.165) is 6.42 Å². The molecule has 0 spiro atoms. The molecule has 13 heavy (non-hydrogen) atoms. The number of aliphatic hydroxyl groups is 1. The summed E-state index contributed by atoms with van der Waals surface area (Å²) in [5.41, 5.74) is 0. The molecule has 0 aromatic carbocycles. The molecule has 0 aromatic heterocycles. The lowest BCUT2D eigenvalue weighted by atomic mass is 10.2. The van der Waals surface area contributed by atoms with Crippen LogP contribution in [0.15, 0.2) is 0 Å². The fraction of sp³-hybridized carbons (Fsp3) is 0.889. The van der Waals surface area contributed by atoms with Gasteiger partial charge in [0.1, 0.15) is 11.5 Å². The summed E-state index contributed by atoms with van der Waals surface area (Å²) in [5, 5.41) is 8.85. The second-order valence-electron chi connectivity index (χ2n) is 3.96. The van der Waals surface area contributed by atoms with Gasteiger partial charge in [-0.1, -0.05) is 0 Å². The first kappa shape index (κ1) is 9.28. The van der Waals surface area contributed by atoms with Crippen LogP contribution in [-0.2, 0) is 9.53 Å². The summed E-state index contributed by atoms with van der Waals surface area (Å²) in [6.07, 6.45) is 1.22. The first-order valence-corrected chi connectivity index (χ1v) is 5.06. The summed E-state index contributed by atoms with van der Waals surface area (Å²) in [7, 11) is 0. The van der Waals surface area contributed by atoms with Gasteiger partial charge in [-0.15, -0.1) is 11.6 Å². The molecule has 2 aliphatic rings. The third kappa shape index (κ3) is 1.67. The number of rotatable bonds is 2. The van der Waals surface area contributed by atoms with E-state index in [9.17, 15) is 9.90 Å². The maximum atomic E-state index is 11.1. The van der Waals surface area contributed by atoms with Crippen LogP contribution in [0.5, 0.6) is 0 Å². The maximum absolute atomic E-state index is 11.1. The molecule has 0 saturated heterocycles. The van der Waals surface area contributed by atoms with Crippen molar-refractivity contribution < 1.29 is 14.6 Å². The Morgan fingerprint density at radius 2 is 2.23 bits per heavy atom. The van der Waals surface area contributed by atoms with Crippen LogP contribution in [0.2, 0.25) is 0 Å². The summed E-state index contributed by atoms with van der Waals surface area (Å²) in [6.45, 7) is 1.60. The van der Waals surface area contributed by atoms with E-state index >= 15 is 0 Å². The predicted octanol–water partition coefficient (Wildman–Crippen LogP) is 0.926. The Labute approximate surface area is 82.0 Å². The molecule has 2 rings (SSSR count). The molecule has 2 aliphatic carbocycles. The van der Waals surface area contributed by atoms with Crippen molar-refractivity contribution in [1.82, 2.24) is 0 Å². The number of ether oxygens (including phenoxy) is 1. The first-order valence-electron chi connectivity index (χ1n) is 4.62. The van der Waals surface area contributed by atoms with E-state index in [1.54, 1.807) is 6.92 Å². The molecule has 0 heterocycles. The molecule has 0 radical (unpaired) electrons. The van der Waals surface area contributed by atoms with Crippen molar-refractivity contribution in [1.29, 1.82) is 0 Å². The van der Waals surface area contributed by atoms with Gasteiger partial charge in [-0.3, -0.25) is 4.79 Å². The lowest BCUT2D eigenvalue weighted by Gasteiger charge is -2.15. The lowest BCUT2D eigenvalue weighted by molar-refractivity contribution is -0.149. The second-order valence-corrected chi connectivity index (χ2v) is 4.61. The molecule has 4 heteroatoms. The van der Waals surface area contributed by atoms with Gasteiger partial charge in [-0.05, 0) is 19.3 Å². The van der Waals surface area contributed by atoms with E-state index in [-0.39, 0.29) is 18.2 Å². The van der Waals surface area contributed by atoms with Gasteiger partial charge < -0.3 is 9.84 Å². The third-order valence-corrected chi connectivity index (χ3v) is 3.11. The highest BCUT2D eigenvalue weighted by molar-refractivity contribution is 6.29. The van der Waals surface area contributed by atoms with Gasteiger partial charge in [0.2, 0.25) is 0 Å². The molecule has 74 valence electrons. The Balaban J connectivity index is 1.86. The summed E-state index contributed by atoms with van der Waals surface area (Å²) in [6, 6.07) is 0. The minimum absolute atomic E-state index is 0.0892. The van der Waals surface area contributed by atoms with Gasteiger partial charge in [0.25, 0.3) is 0 Å². The zero-order valence-corrected chi connectivity index (χ0v) is 8.20. The van der Waals surface area contributed by atoms with Crippen LogP contribution in [0.3, 0.4) is 0 Å². The van der Waals surface area contributed by atoms with E-state index < -0.39 is 5.38 Å². The van der Waals surface area contributed by atoms with Crippen molar-refractivity contribution in [2.75, 3.05) is 0 Å². The van der Waals surface area contributed by atoms with E-state index in [0.29, 0.717) is 18.3 Å². The normalized spacial score (nSPS) is 43.9. The molecule has 0 bridgehead atoms. The summed E-state index contributed by atoms with van der Waals surface area (Å²) < 4.78 is 5.17. The van der Waals surface area contributed by atoms with E-state index in [1.165, 1.54) is 0 Å². The number of carbonyl (C=O) groups is 1. The average Bonchev–Trinajstić information content (AvgIpc) is 2.76. The van der Waals surface area contributed by atoms with Gasteiger partial charge in [0.15, 0.2) is 0 Å². The summed E-state index contributed by atoms with van der Waals surface area (Å²) in [4.78, 5) is 11.1. The molecule has 2 fully saturated rings. The van der Waals surface area contributed by atoms with Gasteiger partial charge >= 0.3 is 5.97 Å². The Morgan fingerprint density at radius 3 is 2.62 bits per heavy atom. The minimum Gasteiger partial charge on any atom is -0.461 e. The van der Waals surface area contributed by atoms with Gasteiger partial charge in [-0.2, -0.15) is 0 Å². The fourth-order valence-corrected chi connectivity index (χ4v) is 2.12. The number of fused-ring (bicyclic) bond motifs is 1. The highest BCUT2D eigenvalue weighted by Crippen LogP contribution is 2.53. The number of alkyl halides is 1. The van der Waals surface area contributed by atoms with E-state index in [2.05, 4.69) is 0 Å². The Bertz CT molecular complexity index is 229. The number of aliphatic hydroxyl groups excluding tert-OH is 1. The molecular weight excluding hydrogens is 192 g/mol. The largest absolute Gasteiger partial charge is 0.461 e. The summed E-state index contributed by atoms with van der Waals surface area (Å²) in [5.74, 6) is 0.407. The number of esters is 1. The van der Waals surface area contributed by atoms with Crippen LogP contribution >= 0.6 is 11.6 Å². The third-order valence-electron chi connectivity index (χ3n) is 2.93. The average molecular weight is 205 g/mol. The van der Waals surface area contributed by atoms with Crippen molar-refractivity contribution in [2.24, 2.45) is 11.8 Å². The maximum Gasteiger partial charge on any atom is 0.324 e. The molecule has 1 N–H and O–H groups in total. The van der Waals surface area contributed by atoms with E-state index in [1.807, 2.05) is 0 Å². The number of hydrogen-bond acceptors (Lipinski definition) is 3. The monoisotopic (exact) mass is 204 g/mol. The molecule has 0 aromatic rings. The number of halogens is 1. The molecule has 3 nitrogen and oxygen atoms in total. The van der Waals surface area contributed by atoms with Crippen molar-refractivity contribution in [2.45, 2.75) is 37.4 Å². The van der Waals surface area contributed by atoms with E-state index in [4.69, 9.17) is 16.3 Å². The lowest BCUT2D eigenvalue weighted by Crippen LogP contribution is -2.24. The van der Waals surface area contributed by atoms with Crippen molar-refractivity contribution in [3.63, 3.8) is 0 Å². The van der Waals surface area contributed by atoms with Crippen LogP contribution in [-0.4, -0.2) is 28.7 Å². The standard InChI is InChI=1S/C9H13ClO3/c1-4(10)9(12)13-8-3-7(11)5-2-6(5)8/h4-8,11H,2-3H2,1H3/t4-,5?,6?,7+,8-/m1/s1. The Kier molecular flexibility index (Phi) is 2.24. The highest BCUT2D eigenvalue weighted by Gasteiger charge is 2.55. The van der Waals surface area contributed by atoms with Crippen LogP contribution in [0.25, 0.3) is 0 Å². The molecule has 2 unspecified atom stereocenters. The zero-order chi connectivity index (χ0) is 9.59. The number of carbonyl (C=O) groups excluding carboxylic acids is 1. The first-order chi connectivity index (χ1) is 6.09. The smallest absolute Gasteiger partial charge is 0.324 e. The highest BCUT2D eigenvalue weighted by atomic mass is 35.5. The Morgan fingerprint density at radius 1 is 1.54 bits per heavy atom. The molecule has 5 atom stereocenters. The van der Waals surface area contributed by atoms with Crippen molar-refractivity contribution in [3.05, 3.63) is 0 Å². The van der Waals surface area contributed by atoms with Crippen LogP contribution in [0.1, 0.15) is 19.8 Å². The molecule has 0 amide bonds. The quantitative estimate of drug-likeness (QED) is 0.538. The van der Waals surface area contributed by atoms with Crippen molar-refractivity contribution >= 4 is 17.6 Å². The van der Waals surface area contributed by atoms with Crippen molar-refractivity contribution in [3.8, 4) is 0 Å². The van der Waals surface area contributed by atoms with Crippen LogP contribution in [0.4, 0.5) is 0 Å². The topological polar surface area (TPSA) is 46.5 Å². The summed E-state index contributed by atoms with van der Waals surface area (Å²) >= 11 is 5.57. The molecular formula is C9H13ClO3. The minimum atomic E-state index is -0.588. The Hall–Kier alpha value is -0.280. The zero-order valence-electron chi connectivity index (χ0n) is 7.44. The van der Waals surface area contributed by atoms with Gasteiger partial charge in [-0.25, -0.2) is 0 Å². The second kappa shape index (κ2) is 3.14.